The van der Waals surface area contributed by atoms with Crippen molar-refractivity contribution < 1.29 is 26.8 Å². The molecule has 5 aromatic rings. The van der Waals surface area contributed by atoms with E-state index in [2.05, 4.69) is 0 Å². The predicted molar refractivity (Wildman–Crippen MR) is 106 cm³/mol. The molecule has 2 aliphatic heterocycles. The molecule has 12 bridgehead atoms. The quantitative estimate of drug-likeness (QED) is 0.276. The Morgan fingerprint density at radius 2 is 0.867 bits per heavy atom. The highest BCUT2D eigenvalue weighted by molar-refractivity contribution is 5.65. The molecule has 146 valence electrons. The van der Waals surface area contributed by atoms with Crippen LogP contribution in [0.5, 0.6) is 0 Å². The minimum Gasteiger partial charge on any atom is -0.479 e. The summed E-state index contributed by atoms with van der Waals surface area (Å²) in [5.41, 5.74) is 0. The maximum Gasteiger partial charge on any atom is 0.170 e. The van der Waals surface area contributed by atoms with E-state index < -0.39 is 0 Å². The molecule has 7 heterocycles. The maximum atomic E-state index is 6.09. The van der Waals surface area contributed by atoms with Crippen LogP contribution in [-0.4, -0.2) is 0 Å². The highest BCUT2D eigenvalue weighted by Crippen LogP contribution is 2.41. The van der Waals surface area contributed by atoms with Gasteiger partial charge in [0.05, 0.1) is 0 Å². The minimum atomic E-state index is -0.210. The summed E-state index contributed by atoms with van der Waals surface area (Å²) < 4.78 is 36.0. The Labute approximate surface area is 170 Å². The summed E-state index contributed by atoms with van der Waals surface area (Å²) in [4.78, 5) is 0. The highest BCUT2D eigenvalue weighted by Gasteiger charge is 2.27. The summed E-state index contributed by atoms with van der Waals surface area (Å²) in [6.45, 7) is 0. The lowest BCUT2D eigenvalue weighted by Gasteiger charge is -2.09. The number of rotatable bonds is 0. The summed E-state index contributed by atoms with van der Waals surface area (Å²) in [5.74, 6) is 6.99. The van der Waals surface area contributed by atoms with Gasteiger partial charge >= 0.3 is 0 Å². The first kappa shape index (κ1) is 15.8. The van der Waals surface area contributed by atoms with Crippen molar-refractivity contribution in [2.75, 3.05) is 0 Å². The Kier molecular flexibility index (Phi) is 3.02. The Morgan fingerprint density at radius 1 is 0.467 bits per heavy atom. The van der Waals surface area contributed by atoms with Crippen molar-refractivity contribution in [3.05, 3.63) is 78.3 Å². The van der Waals surface area contributed by atoms with E-state index in [0.717, 1.165) is 5.76 Å². The van der Waals surface area contributed by atoms with E-state index in [1.165, 1.54) is 0 Å². The zero-order chi connectivity index (χ0) is 19.7. The summed E-state index contributed by atoms with van der Waals surface area (Å²) in [5, 5.41) is 0. The van der Waals surface area contributed by atoms with Crippen LogP contribution in [-0.2, 0) is 4.74 Å². The summed E-state index contributed by atoms with van der Waals surface area (Å²) in [7, 11) is 0. The molecule has 0 aliphatic carbocycles. The maximum absolute atomic E-state index is 6.09. The second-order valence-electron chi connectivity index (χ2n) is 7.27. The van der Waals surface area contributed by atoms with Gasteiger partial charge in [-0.2, -0.15) is 0 Å². The third kappa shape index (κ3) is 2.30. The third-order valence-corrected chi connectivity index (χ3v) is 5.37. The van der Waals surface area contributed by atoms with E-state index in [-0.39, 0.29) is 6.10 Å². The zero-order valence-corrected chi connectivity index (χ0v) is 15.6. The van der Waals surface area contributed by atoms with Crippen LogP contribution in [0.2, 0.25) is 0 Å². The molecule has 0 saturated carbocycles. The molecule has 0 aromatic carbocycles. The Balaban J connectivity index is 1.39. The van der Waals surface area contributed by atoms with Gasteiger partial charge in [0.15, 0.2) is 63.7 Å². The van der Waals surface area contributed by atoms with Gasteiger partial charge < -0.3 is 26.8 Å². The number of fused-ring (bicyclic) bond motifs is 18. The standard InChI is InChI=1S/C24H14O6/c1-2-14-16-5-6-19(27-16)20-9-10-23(29-20)24-12-11-22(30-24)21-8-7-18(28-21)17-4-3-15(26-17)13(1)25-14/h1-11,24H,12H2. The zero-order valence-electron chi connectivity index (χ0n) is 15.6. The van der Waals surface area contributed by atoms with Crippen molar-refractivity contribution in [1.82, 2.24) is 0 Å². The topological polar surface area (TPSA) is 74.9 Å². The molecule has 0 N–H and O–H groups in total. The van der Waals surface area contributed by atoms with Gasteiger partial charge in [-0.25, -0.2) is 0 Å². The fraction of sp³-hybridized carbons (Fsp3) is 0.0833. The number of hydrogen-bond donors (Lipinski definition) is 0. The average molecular weight is 398 g/mol. The molecule has 1 atom stereocenters. The lowest BCUT2D eigenvalue weighted by atomic mass is 10.2. The summed E-state index contributed by atoms with van der Waals surface area (Å²) >= 11 is 0. The molecular weight excluding hydrogens is 384 g/mol. The largest absolute Gasteiger partial charge is 0.479 e. The van der Waals surface area contributed by atoms with Crippen molar-refractivity contribution >= 4 is 5.76 Å². The van der Waals surface area contributed by atoms with E-state index in [0.29, 0.717) is 64.0 Å². The molecule has 2 aliphatic rings. The van der Waals surface area contributed by atoms with Gasteiger partial charge in [0.25, 0.3) is 0 Å². The second-order valence-corrected chi connectivity index (χ2v) is 7.27. The van der Waals surface area contributed by atoms with Gasteiger partial charge in [-0.15, -0.1) is 0 Å². The van der Waals surface area contributed by atoms with Crippen molar-refractivity contribution in [3.8, 4) is 46.1 Å². The predicted octanol–water partition coefficient (Wildman–Crippen LogP) is 7.14. The molecule has 5 aromatic heterocycles. The molecule has 0 amide bonds. The van der Waals surface area contributed by atoms with Crippen LogP contribution in [0.15, 0.2) is 88.8 Å². The van der Waals surface area contributed by atoms with Crippen LogP contribution >= 0.6 is 0 Å². The molecule has 6 nitrogen and oxygen atoms in total. The van der Waals surface area contributed by atoms with Crippen LogP contribution < -0.4 is 0 Å². The summed E-state index contributed by atoms with van der Waals surface area (Å²) in [6, 6.07) is 18.7. The highest BCUT2D eigenvalue weighted by atomic mass is 16.5. The van der Waals surface area contributed by atoms with E-state index in [1.54, 1.807) is 0 Å². The SMILES string of the molecule is C1=C2OC(C1)c1ccc(o1)-c1ccc(o1)-c1ccc(o1)-c1ccc(o1)-c1ccc2o1. The fourth-order valence-electron chi connectivity index (χ4n) is 3.87. The van der Waals surface area contributed by atoms with Gasteiger partial charge in [-0.05, 0) is 66.7 Å². The van der Waals surface area contributed by atoms with Crippen LogP contribution in [0.1, 0.15) is 24.0 Å². The lowest BCUT2D eigenvalue weighted by Crippen LogP contribution is -1.94. The molecular formula is C24H14O6. The van der Waals surface area contributed by atoms with Crippen LogP contribution in [0.25, 0.3) is 51.8 Å². The van der Waals surface area contributed by atoms with Gasteiger partial charge in [0, 0.05) is 6.42 Å². The van der Waals surface area contributed by atoms with Crippen molar-refractivity contribution in [3.63, 3.8) is 0 Å². The lowest BCUT2D eigenvalue weighted by molar-refractivity contribution is 0.163. The molecule has 0 spiro atoms. The molecule has 30 heavy (non-hydrogen) atoms. The van der Waals surface area contributed by atoms with Crippen LogP contribution in [0.4, 0.5) is 0 Å². The van der Waals surface area contributed by atoms with E-state index in [4.69, 9.17) is 26.8 Å². The van der Waals surface area contributed by atoms with Crippen molar-refractivity contribution in [2.24, 2.45) is 0 Å². The normalized spacial score (nSPS) is 16.7. The third-order valence-electron chi connectivity index (χ3n) is 5.37. The first-order valence-corrected chi connectivity index (χ1v) is 9.68. The number of hydrogen-bond acceptors (Lipinski definition) is 6. The van der Waals surface area contributed by atoms with Crippen molar-refractivity contribution in [2.45, 2.75) is 12.5 Å². The number of furan rings is 5. The van der Waals surface area contributed by atoms with E-state index in [1.807, 2.05) is 66.7 Å². The molecule has 0 radical (unpaired) electrons. The van der Waals surface area contributed by atoms with Crippen molar-refractivity contribution in [1.29, 1.82) is 0 Å². The molecule has 6 heteroatoms. The second kappa shape index (κ2) is 5.73. The van der Waals surface area contributed by atoms with E-state index in [9.17, 15) is 0 Å². The monoisotopic (exact) mass is 398 g/mol. The Bertz CT molecular complexity index is 1410. The van der Waals surface area contributed by atoms with Crippen LogP contribution in [0, 0.1) is 0 Å². The minimum absolute atomic E-state index is 0.210. The molecule has 0 saturated heterocycles. The van der Waals surface area contributed by atoms with Gasteiger partial charge in [-0.1, -0.05) is 0 Å². The summed E-state index contributed by atoms with van der Waals surface area (Å²) in [6.07, 6.45) is 2.49. The first-order chi connectivity index (χ1) is 14.8. The Hall–Kier alpha value is -4.06. The van der Waals surface area contributed by atoms with Gasteiger partial charge in [-0.3, -0.25) is 0 Å². The Morgan fingerprint density at radius 3 is 1.40 bits per heavy atom. The number of ether oxygens (including phenoxy) is 1. The molecule has 1 unspecified atom stereocenters. The van der Waals surface area contributed by atoms with Crippen LogP contribution in [0.3, 0.4) is 0 Å². The fourth-order valence-corrected chi connectivity index (χ4v) is 3.87. The average Bonchev–Trinajstić information content (AvgIpc) is 3.58. The van der Waals surface area contributed by atoms with Gasteiger partial charge in [0.2, 0.25) is 0 Å². The van der Waals surface area contributed by atoms with Gasteiger partial charge in [0.1, 0.15) is 5.76 Å². The first-order valence-electron chi connectivity index (χ1n) is 9.68. The molecule has 0 fully saturated rings. The molecule has 7 rings (SSSR count). The smallest absolute Gasteiger partial charge is 0.170 e. The van der Waals surface area contributed by atoms with E-state index >= 15 is 0 Å².